The van der Waals surface area contributed by atoms with Gasteiger partial charge in [0.05, 0.1) is 13.1 Å². The first-order valence-electron chi connectivity index (χ1n) is 6.80. The van der Waals surface area contributed by atoms with Crippen LogP contribution >= 0.6 is 0 Å². The molecule has 0 saturated carbocycles. The van der Waals surface area contributed by atoms with E-state index in [0.717, 1.165) is 26.2 Å². The summed E-state index contributed by atoms with van der Waals surface area (Å²) < 4.78 is 0. The van der Waals surface area contributed by atoms with Crippen LogP contribution in [0.5, 0.6) is 0 Å². The number of carbonyl (C=O) groups is 1. The Morgan fingerprint density at radius 2 is 1.95 bits per heavy atom. The molecule has 19 heavy (non-hydrogen) atoms. The van der Waals surface area contributed by atoms with Crippen LogP contribution in [0, 0.1) is 12.3 Å². The van der Waals surface area contributed by atoms with Gasteiger partial charge in [-0.05, 0) is 20.9 Å². The van der Waals surface area contributed by atoms with Crippen LogP contribution in [-0.2, 0) is 4.79 Å². The first-order chi connectivity index (χ1) is 8.95. The van der Waals surface area contributed by atoms with Gasteiger partial charge >= 0.3 is 0 Å². The zero-order valence-corrected chi connectivity index (χ0v) is 12.3. The maximum Gasteiger partial charge on any atom is 0.234 e. The molecule has 1 rings (SSSR count). The van der Waals surface area contributed by atoms with Crippen LogP contribution in [-0.4, -0.2) is 74.1 Å². The van der Waals surface area contributed by atoms with Crippen molar-refractivity contribution in [1.82, 2.24) is 20.4 Å². The molecule has 0 aromatic carbocycles. The smallest absolute Gasteiger partial charge is 0.234 e. The van der Waals surface area contributed by atoms with Crippen LogP contribution in [0.15, 0.2) is 0 Å². The number of nitrogens with one attached hydrogen (secondary N) is 2. The van der Waals surface area contributed by atoms with Gasteiger partial charge in [-0.25, -0.2) is 0 Å². The molecular formula is C14H26N4O. The summed E-state index contributed by atoms with van der Waals surface area (Å²) in [6.45, 7) is 9.98. The zero-order chi connectivity index (χ0) is 14.3. The Morgan fingerprint density at radius 1 is 1.32 bits per heavy atom. The van der Waals surface area contributed by atoms with E-state index in [9.17, 15) is 4.79 Å². The normalized spacial score (nSPS) is 18.0. The van der Waals surface area contributed by atoms with E-state index in [4.69, 9.17) is 6.42 Å². The molecule has 0 atom stereocenters. The lowest BCUT2D eigenvalue weighted by Crippen LogP contribution is -2.58. The highest BCUT2D eigenvalue weighted by atomic mass is 16.1. The van der Waals surface area contributed by atoms with Gasteiger partial charge in [0.15, 0.2) is 0 Å². The van der Waals surface area contributed by atoms with Gasteiger partial charge in [0.25, 0.3) is 0 Å². The standard InChI is InChI=1S/C14H26N4O/c1-5-6-15-11-13(19)16-12-14(2,3)18-9-7-17(4)8-10-18/h1,15H,6-12H2,2-4H3,(H,16,19). The lowest BCUT2D eigenvalue weighted by atomic mass is 10.0. The van der Waals surface area contributed by atoms with Gasteiger partial charge in [-0.1, -0.05) is 5.92 Å². The quantitative estimate of drug-likeness (QED) is 0.495. The summed E-state index contributed by atoms with van der Waals surface area (Å²) in [5.41, 5.74) is -0.0109. The lowest BCUT2D eigenvalue weighted by molar-refractivity contribution is -0.120. The van der Waals surface area contributed by atoms with Gasteiger partial charge in [0.2, 0.25) is 5.91 Å². The topological polar surface area (TPSA) is 47.6 Å². The molecule has 1 heterocycles. The van der Waals surface area contributed by atoms with Crippen LogP contribution in [0.4, 0.5) is 0 Å². The summed E-state index contributed by atoms with van der Waals surface area (Å²) in [5.74, 6) is 2.44. The molecular weight excluding hydrogens is 240 g/mol. The third-order valence-corrected chi connectivity index (χ3v) is 3.59. The van der Waals surface area contributed by atoms with Gasteiger partial charge in [0.1, 0.15) is 0 Å². The van der Waals surface area contributed by atoms with E-state index >= 15 is 0 Å². The molecule has 108 valence electrons. The van der Waals surface area contributed by atoms with Gasteiger partial charge in [0, 0.05) is 38.3 Å². The average molecular weight is 266 g/mol. The molecule has 0 aromatic rings. The summed E-state index contributed by atoms with van der Waals surface area (Å²) >= 11 is 0. The van der Waals surface area contributed by atoms with Gasteiger partial charge in [-0.2, -0.15) is 0 Å². The summed E-state index contributed by atoms with van der Waals surface area (Å²) in [6.07, 6.45) is 5.11. The maximum absolute atomic E-state index is 11.6. The Balaban J connectivity index is 2.30. The molecule has 1 aliphatic rings. The van der Waals surface area contributed by atoms with Crippen molar-refractivity contribution in [3.63, 3.8) is 0 Å². The van der Waals surface area contributed by atoms with E-state index in [0.29, 0.717) is 13.1 Å². The largest absolute Gasteiger partial charge is 0.353 e. The van der Waals surface area contributed by atoms with Crippen LogP contribution in [0.2, 0.25) is 0 Å². The third kappa shape index (κ3) is 5.60. The molecule has 0 spiro atoms. The minimum Gasteiger partial charge on any atom is -0.353 e. The number of hydrogen-bond acceptors (Lipinski definition) is 4. The van der Waals surface area contributed by atoms with E-state index in [-0.39, 0.29) is 18.0 Å². The molecule has 2 N–H and O–H groups in total. The van der Waals surface area contributed by atoms with Crippen molar-refractivity contribution < 1.29 is 4.79 Å². The number of nitrogens with zero attached hydrogens (tertiary/aromatic N) is 2. The fourth-order valence-electron chi connectivity index (χ4n) is 2.15. The Kier molecular flexibility index (Phi) is 6.29. The highest BCUT2D eigenvalue weighted by Gasteiger charge is 2.29. The van der Waals surface area contributed by atoms with E-state index in [2.05, 4.69) is 47.2 Å². The van der Waals surface area contributed by atoms with Crippen LogP contribution in [0.1, 0.15) is 13.8 Å². The summed E-state index contributed by atoms with van der Waals surface area (Å²) in [5, 5.41) is 5.85. The number of likely N-dealkylation sites (N-methyl/N-ethyl adjacent to an activating group) is 1. The molecule has 1 amide bonds. The molecule has 1 aliphatic heterocycles. The van der Waals surface area contributed by atoms with E-state index in [1.807, 2.05) is 0 Å². The van der Waals surface area contributed by atoms with Gasteiger partial charge in [-0.15, -0.1) is 6.42 Å². The predicted molar refractivity (Wildman–Crippen MR) is 77.9 cm³/mol. The Labute approximate surface area is 116 Å². The fraction of sp³-hybridized carbons (Fsp3) is 0.786. The minimum absolute atomic E-state index is 0.00236. The maximum atomic E-state index is 11.6. The second-order valence-corrected chi connectivity index (χ2v) is 5.69. The molecule has 5 heteroatoms. The number of hydrogen-bond donors (Lipinski definition) is 2. The van der Waals surface area contributed by atoms with Crippen LogP contribution < -0.4 is 10.6 Å². The molecule has 0 aromatic heterocycles. The molecule has 0 bridgehead atoms. The molecule has 0 aliphatic carbocycles. The molecule has 1 fully saturated rings. The molecule has 0 unspecified atom stereocenters. The van der Waals surface area contributed by atoms with Crippen molar-refractivity contribution >= 4 is 5.91 Å². The fourth-order valence-corrected chi connectivity index (χ4v) is 2.15. The third-order valence-electron chi connectivity index (χ3n) is 3.59. The van der Waals surface area contributed by atoms with Gasteiger partial charge in [-0.3, -0.25) is 15.0 Å². The molecule has 1 saturated heterocycles. The predicted octanol–water partition coefficient (Wildman–Crippen LogP) is -0.649. The zero-order valence-electron chi connectivity index (χ0n) is 12.3. The summed E-state index contributed by atoms with van der Waals surface area (Å²) in [4.78, 5) is 16.4. The van der Waals surface area contributed by atoms with Crippen molar-refractivity contribution in [2.24, 2.45) is 0 Å². The SMILES string of the molecule is C#CCNCC(=O)NCC(C)(C)N1CCN(C)CC1. The Bertz CT molecular complexity index is 327. The average Bonchev–Trinajstić information content (AvgIpc) is 2.37. The first kappa shape index (κ1) is 16.0. The van der Waals surface area contributed by atoms with Crippen molar-refractivity contribution in [1.29, 1.82) is 0 Å². The first-order valence-corrected chi connectivity index (χ1v) is 6.80. The van der Waals surface area contributed by atoms with Crippen molar-refractivity contribution in [2.75, 3.05) is 52.9 Å². The minimum atomic E-state index is -0.0109. The molecule has 0 radical (unpaired) electrons. The number of rotatable bonds is 6. The van der Waals surface area contributed by atoms with E-state index in [1.165, 1.54) is 0 Å². The number of piperazine rings is 1. The Morgan fingerprint density at radius 3 is 2.53 bits per heavy atom. The van der Waals surface area contributed by atoms with Crippen LogP contribution in [0.25, 0.3) is 0 Å². The number of amides is 1. The highest BCUT2D eigenvalue weighted by Crippen LogP contribution is 2.15. The number of carbonyl (C=O) groups excluding carboxylic acids is 1. The molecule has 5 nitrogen and oxygen atoms in total. The van der Waals surface area contributed by atoms with E-state index in [1.54, 1.807) is 0 Å². The van der Waals surface area contributed by atoms with Gasteiger partial charge < -0.3 is 10.2 Å². The van der Waals surface area contributed by atoms with Crippen molar-refractivity contribution in [3.05, 3.63) is 0 Å². The highest BCUT2D eigenvalue weighted by molar-refractivity contribution is 5.78. The summed E-state index contributed by atoms with van der Waals surface area (Å²) in [7, 11) is 2.14. The number of terminal acetylenes is 1. The van der Waals surface area contributed by atoms with Crippen molar-refractivity contribution in [3.8, 4) is 12.3 Å². The monoisotopic (exact) mass is 266 g/mol. The Hall–Kier alpha value is -1.09. The second kappa shape index (κ2) is 7.49. The second-order valence-electron chi connectivity index (χ2n) is 5.69. The van der Waals surface area contributed by atoms with Crippen LogP contribution in [0.3, 0.4) is 0 Å². The van der Waals surface area contributed by atoms with E-state index < -0.39 is 0 Å². The van der Waals surface area contributed by atoms with Crippen molar-refractivity contribution in [2.45, 2.75) is 19.4 Å². The summed E-state index contributed by atoms with van der Waals surface area (Å²) in [6, 6.07) is 0. The lowest BCUT2D eigenvalue weighted by Gasteiger charge is -2.43.